The molecule has 0 amide bonds. The third-order valence-electron chi connectivity index (χ3n) is 3.60. The van der Waals surface area contributed by atoms with Crippen LogP contribution in [0.3, 0.4) is 0 Å². The summed E-state index contributed by atoms with van der Waals surface area (Å²) in [6.07, 6.45) is 1.54. The first-order valence-electron chi connectivity index (χ1n) is 5.27. The Kier molecular flexibility index (Phi) is 2.31. The second-order valence-corrected chi connectivity index (χ2v) is 4.88. The Balaban J connectivity index is 2.42. The van der Waals surface area contributed by atoms with Crippen LogP contribution in [0, 0.1) is 5.41 Å². The summed E-state index contributed by atoms with van der Waals surface area (Å²) < 4.78 is 6.45. The summed E-state index contributed by atoms with van der Waals surface area (Å²) in [4.78, 5) is 11.6. The predicted octanol–water partition coefficient (Wildman–Crippen LogP) is 0.657. The Labute approximate surface area is 94.6 Å². The highest BCUT2D eigenvalue weighted by Gasteiger charge is 2.58. The molecule has 2 rings (SSSR count). The zero-order chi connectivity index (χ0) is 12.1. The average molecular weight is 223 g/mol. The van der Waals surface area contributed by atoms with Crippen LogP contribution < -0.4 is 5.73 Å². The highest BCUT2D eigenvalue weighted by Crippen LogP contribution is 2.57. The maximum atomic E-state index is 11.6. The number of methoxy groups -OCH3 is 1. The molecule has 0 bridgehead atoms. The first kappa shape index (κ1) is 11.1. The Hall–Kier alpha value is -1.36. The van der Waals surface area contributed by atoms with Crippen molar-refractivity contribution in [3.8, 4) is 0 Å². The lowest BCUT2D eigenvalue weighted by atomic mass is 10.1. The van der Waals surface area contributed by atoms with Crippen LogP contribution in [0.5, 0.6) is 0 Å². The molecule has 0 aliphatic heterocycles. The number of carbonyl (C=O) groups excluding carboxylic acids is 1. The lowest BCUT2D eigenvalue weighted by Crippen LogP contribution is -2.10. The number of rotatable bonds is 2. The van der Waals surface area contributed by atoms with Crippen molar-refractivity contribution in [3.63, 3.8) is 0 Å². The van der Waals surface area contributed by atoms with E-state index in [0.29, 0.717) is 5.56 Å². The third-order valence-corrected chi connectivity index (χ3v) is 3.60. The number of aromatic nitrogens is 2. The fraction of sp³-hybridized carbons (Fsp3) is 0.636. The van der Waals surface area contributed by atoms with Crippen LogP contribution in [-0.2, 0) is 11.8 Å². The SMILES string of the molecule is COC(=O)c1cnn(C)c1[C@H]1[C@H](N)C1(C)C. The van der Waals surface area contributed by atoms with Gasteiger partial charge >= 0.3 is 5.97 Å². The van der Waals surface area contributed by atoms with E-state index in [-0.39, 0.29) is 23.3 Å². The number of hydrogen-bond donors (Lipinski definition) is 1. The van der Waals surface area contributed by atoms with Gasteiger partial charge in [0.15, 0.2) is 0 Å². The zero-order valence-electron chi connectivity index (χ0n) is 10.0. The lowest BCUT2D eigenvalue weighted by Gasteiger charge is -2.06. The van der Waals surface area contributed by atoms with E-state index in [1.165, 1.54) is 7.11 Å². The molecule has 16 heavy (non-hydrogen) atoms. The molecule has 1 fully saturated rings. The largest absolute Gasteiger partial charge is 0.465 e. The number of nitrogens with two attached hydrogens (primary N) is 1. The molecule has 1 aromatic rings. The maximum Gasteiger partial charge on any atom is 0.341 e. The number of hydrogen-bond acceptors (Lipinski definition) is 4. The van der Waals surface area contributed by atoms with Crippen LogP contribution >= 0.6 is 0 Å². The molecular formula is C11H17N3O2. The van der Waals surface area contributed by atoms with Gasteiger partial charge < -0.3 is 10.5 Å². The summed E-state index contributed by atoms with van der Waals surface area (Å²) in [5, 5.41) is 4.11. The minimum Gasteiger partial charge on any atom is -0.465 e. The molecule has 1 aliphatic carbocycles. The van der Waals surface area contributed by atoms with Crippen molar-refractivity contribution >= 4 is 5.97 Å². The lowest BCUT2D eigenvalue weighted by molar-refractivity contribution is 0.0599. The smallest absolute Gasteiger partial charge is 0.341 e. The van der Waals surface area contributed by atoms with E-state index in [9.17, 15) is 4.79 Å². The quantitative estimate of drug-likeness (QED) is 0.748. The zero-order valence-corrected chi connectivity index (χ0v) is 10.0. The monoisotopic (exact) mass is 223 g/mol. The van der Waals surface area contributed by atoms with Crippen LogP contribution in [0.1, 0.15) is 35.8 Å². The van der Waals surface area contributed by atoms with E-state index in [1.54, 1.807) is 10.9 Å². The molecule has 0 spiro atoms. The number of carbonyl (C=O) groups is 1. The number of nitrogens with zero attached hydrogens (tertiary/aromatic N) is 2. The van der Waals surface area contributed by atoms with Crippen molar-refractivity contribution in [2.45, 2.75) is 25.8 Å². The van der Waals surface area contributed by atoms with Crippen molar-refractivity contribution in [3.05, 3.63) is 17.5 Å². The molecule has 0 radical (unpaired) electrons. The molecule has 0 aromatic carbocycles. The Morgan fingerprint density at radius 1 is 1.62 bits per heavy atom. The fourth-order valence-corrected chi connectivity index (χ4v) is 2.28. The number of ether oxygens (including phenoxy) is 1. The standard InChI is InChI=1S/C11H17N3O2/c1-11(2)7(9(11)12)8-6(10(15)16-4)5-13-14(8)3/h5,7,9H,12H2,1-4H3/t7-,9-/m0/s1. The van der Waals surface area contributed by atoms with E-state index < -0.39 is 0 Å². The molecule has 2 N–H and O–H groups in total. The molecule has 5 heteroatoms. The molecule has 1 aromatic heterocycles. The summed E-state index contributed by atoms with van der Waals surface area (Å²) in [5.41, 5.74) is 7.45. The highest BCUT2D eigenvalue weighted by atomic mass is 16.5. The minimum atomic E-state index is -0.349. The van der Waals surface area contributed by atoms with Gasteiger partial charge in [0.2, 0.25) is 0 Å². The van der Waals surface area contributed by atoms with E-state index in [0.717, 1.165) is 5.69 Å². The van der Waals surface area contributed by atoms with Gasteiger partial charge in [-0.3, -0.25) is 4.68 Å². The van der Waals surface area contributed by atoms with Gasteiger partial charge in [-0.1, -0.05) is 13.8 Å². The van der Waals surface area contributed by atoms with Crippen LogP contribution in [0.2, 0.25) is 0 Å². The summed E-state index contributed by atoms with van der Waals surface area (Å²) in [7, 11) is 3.19. The number of aryl methyl sites for hydroxylation is 1. The van der Waals surface area contributed by atoms with Crippen LogP contribution in [0.25, 0.3) is 0 Å². The van der Waals surface area contributed by atoms with Crippen molar-refractivity contribution in [1.29, 1.82) is 0 Å². The van der Waals surface area contributed by atoms with Gasteiger partial charge in [0.05, 0.1) is 19.0 Å². The maximum absolute atomic E-state index is 11.6. The van der Waals surface area contributed by atoms with Gasteiger partial charge in [0.25, 0.3) is 0 Å². The van der Waals surface area contributed by atoms with Gasteiger partial charge in [-0.15, -0.1) is 0 Å². The summed E-state index contributed by atoms with van der Waals surface area (Å²) in [6.45, 7) is 4.19. The van der Waals surface area contributed by atoms with Crippen LogP contribution in [-0.4, -0.2) is 28.9 Å². The second-order valence-electron chi connectivity index (χ2n) is 4.88. The van der Waals surface area contributed by atoms with Gasteiger partial charge in [0, 0.05) is 19.0 Å². The molecular weight excluding hydrogens is 206 g/mol. The van der Waals surface area contributed by atoms with Gasteiger partial charge in [-0.05, 0) is 5.41 Å². The molecule has 88 valence electrons. The van der Waals surface area contributed by atoms with Crippen LogP contribution in [0.15, 0.2) is 6.20 Å². The van der Waals surface area contributed by atoms with Crippen molar-refractivity contribution < 1.29 is 9.53 Å². The van der Waals surface area contributed by atoms with Crippen molar-refractivity contribution in [1.82, 2.24) is 9.78 Å². The molecule has 1 aliphatic rings. The average Bonchev–Trinajstić information content (AvgIpc) is 2.60. The molecule has 5 nitrogen and oxygen atoms in total. The Bertz CT molecular complexity index is 436. The Morgan fingerprint density at radius 2 is 2.19 bits per heavy atom. The fourth-order valence-electron chi connectivity index (χ4n) is 2.28. The molecule has 0 saturated heterocycles. The van der Waals surface area contributed by atoms with E-state index in [2.05, 4.69) is 18.9 Å². The first-order chi connectivity index (χ1) is 7.41. The topological polar surface area (TPSA) is 70.1 Å². The Morgan fingerprint density at radius 3 is 2.62 bits per heavy atom. The summed E-state index contributed by atoms with van der Waals surface area (Å²) >= 11 is 0. The third kappa shape index (κ3) is 1.35. The second kappa shape index (κ2) is 3.31. The highest BCUT2D eigenvalue weighted by molar-refractivity contribution is 5.90. The van der Waals surface area contributed by atoms with E-state index >= 15 is 0 Å². The van der Waals surface area contributed by atoms with E-state index in [1.807, 2.05) is 7.05 Å². The normalized spacial score (nSPS) is 26.6. The van der Waals surface area contributed by atoms with Crippen LogP contribution in [0.4, 0.5) is 0 Å². The molecule has 2 atom stereocenters. The summed E-state index contributed by atoms with van der Waals surface area (Å²) in [5.74, 6) is -0.174. The minimum absolute atomic E-state index is 0.0244. The van der Waals surface area contributed by atoms with E-state index in [4.69, 9.17) is 10.5 Å². The molecule has 1 saturated carbocycles. The predicted molar refractivity (Wildman–Crippen MR) is 59.0 cm³/mol. The van der Waals surface area contributed by atoms with Gasteiger partial charge in [0.1, 0.15) is 5.56 Å². The molecule has 1 heterocycles. The van der Waals surface area contributed by atoms with Crippen molar-refractivity contribution in [2.75, 3.05) is 7.11 Å². The summed E-state index contributed by atoms with van der Waals surface area (Å²) in [6, 6.07) is 0.0753. The molecule has 0 unspecified atom stereocenters. The van der Waals surface area contributed by atoms with Crippen molar-refractivity contribution in [2.24, 2.45) is 18.2 Å². The first-order valence-corrected chi connectivity index (χ1v) is 5.27. The number of esters is 1. The van der Waals surface area contributed by atoms with Gasteiger partial charge in [-0.25, -0.2) is 4.79 Å². The van der Waals surface area contributed by atoms with Gasteiger partial charge in [-0.2, -0.15) is 5.10 Å².